The standard InChI is InChI=1S/C21H21N5O2S/c1-11-8-12(2)23-21-17(11)18(22)19(29-21)20(28)25-24-16(27)10-26-13(3)9-14-6-4-5-7-15(14)26/h4-9H,10,22H2,1-3H3,(H,24,27)(H,25,28). The van der Waals surface area contributed by atoms with Crippen LogP contribution >= 0.6 is 11.3 Å². The van der Waals surface area contributed by atoms with E-state index in [1.807, 2.05) is 61.7 Å². The fourth-order valence-corrected chi connectivity index (χ4v) is 4.67. The molecular weight excluding hydrogens is 386 g/mol. The summed E-state index contributed by atoms with van der Waals surface area (Å²) in [6.45, 7) is 5.88. The van der Waals surface area contributed by atoms with E-state index < -0.39 is 5.91 Å². The zero-order valence-electron chi connectivity index (χ0n) is 16.4. The van der Waals surface area contributed by atoms with Crippen molar-refractivity contribution in [3.63, 3.8) is 0 Å². The lowest BCUT2D eigenvalue weighted by Gasteiger charge is -2.10. The highest BCUT2D eigenvalue weighted by Gasteiger charge is 2.19. The normalized spacial score (nSPS) is 11.1. The fraction of sp³-hybridized carbons (Fsp3) is 0.190. The first-order valence-electron chi connectivity index (χ1n) is 9.15. The molecule has 0 saturated heterocycles. The van der Waals surface area contributed by atoms with Crippen molar-refractivity contribution in [1.82, 2.24) is 20.4 Å². The number of fused-ring (bicyclic) bond motifs is 2. The molecule has 148 valence electrons. The molecule has 8 heteroatoms. The topological polar surface area (TPSA) is 102 Å². The van der Waals surface area contributed by atoms with Crippen LogP contribution < -0.4 is 16.6 Å². The van der Waals surface area contributed by atoms with Gasteiger partial charge in [0.1, 0.15) is 16.3 Å². The van der Waals surface area contributed by atoms with Crippen LogP contribution in [0.25, 0.3) is 21.1 Å². The first-order chi connectivity index (χ1) is 13.8. The van der Waals surface area contributed by atoms with Crippen LogP contribution in [-0.2, 0) is 11.3 Å². The second-order valence-corrected chi connectivity index (χ2v) is 8.04. The summed E-state index contributed by atoms with van der Waals surface area (Å²) in [5, 5.41) is 1.85. The maximum absolute atomic E-state index is 12.6. The number of aromatic nitrogens is 2. The highest BCUT2D eigenvalue weighted by molar-refractivity contribution is 7.21. The third-order valence-corrected chi connectivity index (χ3v) is 5.96. The number of hydrazine groups is 1. The number of anilines is 1. The molecular formula is C21H21N5O2S. The maximum atomic E-state index is 12.6. The molecule has 2 amide bonds. The van der Waals surface area contributed by atoms with E-state index in [1.165, 1.54) is 11.3 Å². The number of nitrogens with two attached hydrogens (primary N) is 1. The summed E-state index contributed by atoms with van der Waals surface area (Å²) >= 11 is 1.22. The summed E-state index contributed by atoms with van der Waals surface area (Å²) in [6, 6.07) is 11.8. The molecule has 29 heavy (non-hydrogen) atoms. The fourth-order valence-electron chi connectivity index (χ4n) is 3.56. The first kappa shape index (κ1) is 18.9. The Morgan fingerprint density at radius 1 is 1.14 bits per heavy atom. The van der Waals surface area contributed by atoms with Crippen molar-refractivity contribution in [3.8, 4) is 0 Å². The van der Waals surface area contributed by atoms with Gasteiger partial charge >= 0.3 is 0 Å². The summed E-state index contributed by atoms with van der Waals surface area (Å²) in [5.74, 6) is -0.780. The van der Waals surface area contributed by atoms with Gasteiger partial charge in [-0.25, -0.2) is 4.98 Å². The summed E-state index contributed by atoms with van der Waals surface area (Å²) in [4.78, 5) is 30.5. The van der Waals surface area contributed by atoms with Gasteiger partial charge in [0.15, 0.2) is 0 Å². The molecule has 0 aliphatic carbocycles. The average molecular weight is 407 g/mol. The van der Waals surface area contributed by atoms with Gasteiger partial charge in [-0.3, -0.25) is 20.4 Å². The number of benzene rings is 1. The highest BCUT2D eigenvalue weighted by Crippen LogP contribution is 2.34. The predicted molar refractivity (Wildman–Crippen MR) is 116 cm³/mol. The minimum atomic E-state index is -0.454. The van der Waals surface area contributed by atoms with Crippen LogP contribution in [0.4, 0.5) is 5.69 Å². The molecule has 1 aromatic carbocycles. The molecule has 0 fully saturated rings. The summed E-state index contributed by atoms with van der Waals surface area (Å²) in [6.07, 6.45) is 0. The lowest BCUT2D eigenvalue weighted by molar-refractivity contribution is -0.122. The van der Waals surface area contributed by atoms with E-state index in [0.717, 1.165) is 33.2 Å². The number of nitrogens with zero attached hydrogens (tertiary/aromatic N) is 2. The van der Waals surface area contributed by atoms with E-state index in [9.17, 15) is 9.59 Å². The van der Waals surface area contributed by atoms with Crippen LogP contribution in [0.2, 0.25) is 0 Å². The van der Waals surface area contributed by atoms with Gasteiger partial charge in [0.25, 0.3) is 11.8 Å². The van der Waals surface area contributed by atoms with Crippen LogP contribution in [0.15, 0.2) is 36.4 Å². The Morgan fingerprint density at radius 3 is 2.69 bits per heavy atom. The smallest absolute Gasteiger partial charge is 0.281 e. The number of pyridine rings is 1. The minimum Gasteiger partial charge on any atom is -0.397 e. The number of hydrogen-bond donors (Lipinski definition) is 3. The molecule has 0 aliphatic heterocycles. The van der Waals surface area contributed by atoms with Gasteiger partial charge < -0.3 is 10.3 Å². The highest BCUT2D eigenvalue weighted by atomic mass is 32.1. The Morgan fingerprint density at radius 2 is 1.90 bits per heavy atom. The van der Waals surface area contributed by atoms with Crippen LogP contribution in [0, 0.1) is 20.8 Å². The lowest BCUT2D eigenvalue weighted by Crippen LogP contribution is -2.43. The number of nitrogens with one attached hydrogen (secondary N) is 2. The Labute approximate surface area is 171 Å². The lowest BCUT2D eigenvalue weighted by atomic mass is 10.1. The average Bonchev–Trinajstić information content (AvgIpc) is 3.17. The van der Waals surface area contributed by atoms with Crippen molar-refractivity contribution in [1.29, 1.82) is 0 Å². The first-order valence-corrected chi connectivity index (χ1v) is 9.97. The number of amides is 2. The number of carbonyl (C=O) groups is 2. The zero-order valence-corrected chi connectivity index (χ0v) is 17.2. The minimum absolute atomic E-state index is 0.0986. The van der Waals surface area contributed by atoms with E-state index >= 15 is 0 Å². The molecule has 0 saturated carbocycles. The van der Waals surface area contributed by atoms with Crippen LogP contribution in [0.5, 0.6) is 0 Å². The molecule has 0 spiro atoms. The molecule has 0 radical (unpaired) electrons. The summed E-state index contributed by atoms with van der Waals surface area (Å²) in [5.41, 5.74) is 15.3. The molecule has 3 heterocycles. The van der Waals surface area contributed by atoms with Crippen molar-refractivity contribution in [2.45, 2.75) is 27.3 Å². The quantitative estimate of drug-likeness (QED) is 0.454. The largest absolute Gasteiger partial charge is 0.397 e. The van der Waals surface area contributed by atoms with Gasteiger partial charge in [-0.2, -0.15) is 0 Å². The molecule has 0 atom stereocenters. The Bertz CT molecular complexity index is 1270. The molecule has 0 unspecified atom stereocenters. The van der Waals surface area contributed by atoms with E-state index in [4.69, 9.17) is 5.73 Å². The van der Waals surface area contributed by atoms with Crippen molar-refractivity contribution < 1.29 is 9.59 Å². The number of hydrogen-bond acceptors (Lipinski definition) is 5. The Balaban J connectivity index is 1.49. The SMILES string of the molecule is Cc1cc(C)c2c(N)c(C(=O)NNC(=O)Cn3c(C)cc4ccccc43)sc2n1. The monoisotopic (exact) mass is 407 g/mol. The Kier molecular flexibility index (Phi) is 4.71. The number of rotatable bonds is 3. The molecule has 4 N–H and O–H groups in total. The van der Waals surface area contributed by atoms with Crippen molar-refractivity contribution in [3.05, 3.63) is 58.2 Å². The van der Waals surface area contributed by atoms with Crippen LogP contribution in [0.1, 0.15) is 26.6 Å². The van der Waals surface area contributed by atoms with Gasteiger partial charge in [0, 0.05) is 22.3 Å². The molecule has 3 aromatic heterocycles. The van der Waals surface area contributed by atoms with Crippen molar-refractivity contribution in [2.75, 3.05) is 5.73 Å². The van der Waals surface area contributed by atoms with Gasteiger partial charge in [-0.05, 0) is 49.9 Å². The molecule has 4 aromatic rings. The van der Waals surface area contributed by atoms with Crippen molar-refractivity contribution >= 4 is 50.0 Å². The molecule has 4 rings (SSSR count). The van der Waals surface area contributed by atoms with Crippen LogP contribution in [-0.4, -0.2) is 21.4 Å². The van der Waals surface area contributed by atoms with E-state index in [1.54, 1.807) is 0 Å². The van der Waals surface area contributed by atoms with E-state index in [0.29, 0.717) is 15.4 Å². The van der Waals surface area contributed by atoms with Gasteiger partial charge in [-0.15, -0.1) is 11.3 Å². The Hall–Kier alpha value is -3.39. The van der Waals surface area contributed by atoms with Gasteiger partial charge in [0.2, 0.25) is 0 Å². The van der Waals surface area contributed by atoms with Crippen molar-refractivity contribution in [2.24, 2.45) is 0 Å². The van der Waals surface area contributed by atoms with Crippen LogP contribution in [0.3, 0.4) is 0 Å². The zero-order chi connectivity index (χ0) is 20.7. The van der Waals surface area contributed by atoms with E-state index in [-0.39, 0.29) is 12.5 Å². The number of aryl methyl sites for hydroxylation is 3. The number of para-hydroxylation sites is 1. The molecule has 0 bridgehead atoms. The maximum Gasteiger partial charge on any atom is 0.281 e. The van der Waals surface area contributed by atoms with Gasteiger partial charge in [-0.1, -0.05) is 18.2 Å². The number of nitrogen functional groups attached to an aromatic ring is 1. The number of carbonyl (C=O) groups excluding carboxylic acids is 2. The second-order valence-electron chi connectivity index (χ2n) is 7.04. The molecule has 0 aliphatic rings. The molecule has 7 nitrogen and oxygen atoms in total. The summed E-state index contributed by atoms with van der Waals surface area (Å²) in [7, 11) is 0. The van der Waals surface area contributed by atoms with Gasteiger partial charge in [0.05, 0.1) is 5.69 Å². The second kappa shape index (κ2) is 7.21. The number of thiophene rings is 1. The van der Waals surface area contributed by atoms with E-state index in [2.05, 4.69) is 15.8 Å². The third kappa shape index (κ3) is 3.42. The summed E-state index contributed by atoms with van der Waals surface area (Å²) < 4.78 is 1.90. The third-order valence-electron chi connectivity index (χ3n) is 4.87. The predicted octanol–water partition coefficient (Wildman–Crippen LogP) is 3.22.